The third-order valence-electron chi connectivity index (χ3n) is 2.29. The van der Waals surface area contributed by atoms with Crippen molar-refractivity contribution in [3.63, 3.8) is 0 Å². The first-order chi connectivity index (χ1) is 6.08. The van der Waals surface area contributed by atoms with E-state index in [0.717, 1.165) is 0 Å². The van der Waals surface area contributed by atoms with Gasteiger partial charge >= 0.3 is 0 Å². The summed E-state index contributed by atoms with van der Waals surface area (Å²) in [6.45, 7) is 4.29. The molecule has 0 bridgehead atoms. The SMILES string of the molecule is CNS(=O)(=O)C(C)N1CCOCC1. The summed E-state index contributed by atoms with van der Waals surface area (Å²) in [5.41, 5.74) is 0. The predicted molar refractivity (Wildman–Crippen MR) is 49.8 cm³/mol. The Bertz CT molecular complexity index is 246. The highest BCUT2D eigenvalue weighted by Gasteiger charge is 2.26. The predicted octanol–water partition coefficient (Wildman–Crippen LogP) is -0.786. The van der Waals surface area contributed by atoms with Gasteiger partial charge in [0.1, 0.15) is 5.37 Å². The lowest BCUT2D eigenvalue weighted by atomic mass is 10.4. The minimum atomic E-state index is -3.18. The van der Waals surface area contributed by atoms with Gasteiger partial charge in [0, 0.05) is 13.1 Å². The number of hydrogen-bond donors (Lipinski definition) is 1. The second-order valence-electron chi connectivity index (χ2n) is 3.00. The van der Waals surface area contributed by atoms with Crippen molar-refractivity contribution in [2.75, 3.05) is 33.4 Å². The Balaban J connectivity index is 2.60. The highest BCUT2D eigenvalue weighted by molar-refractivity contribution is 7.90. The minimum absolute atomic E-state index is 0.471. The Morgan fingerprint density at radius 1 is 1.38 bits per heavy atom. The topological polar surface area (TPSA) is 58.6 Å². The maximum Gasteiger partial charge on any atom is 0.227 e. The van der Waals surface area contributed by atoms with Gasteiger partial charge in [-0.05, 0) is 14.0 Å². The van der Waals surface area contributed by atoms with Gasteiger partial charge in [0.2, 0.25) is 10.0 Å². The molecule has 1 saturated heterocycles. The molecule has 78 valence electrons. The van der Waals surface area contributed by atoms with E-state index in [0.29, 0.717) is 26.3 Å². The molecule has 13 heavy (non-hydrogen) atoms. The van der Waals surface area contributed by atoms with Crippen LogP contribution in [-0.4, -0.2) is 52.0 Å². The lowest BCUT2D eigenvalue weighted by Gasteiger charge is -2.31. The molecule has 1 atom stereocenters. The molecule has 0 aliphatic carbocycles. The molecular formula is C7H16N2O3S. The first kappa shape index (κ1) is 10.9. The van der Waals surface area contributed by atoms with Crippen molar-refractivity contribution >= 4 is 10.0 Å². The van der Waals surface area contributed by atoms with Crippen LogP contribution in [0, 0.1) is 0 Å². The van der Waals surface area contributed by atoms with Gasteiger partial charge in [0.05, 0.1) is 13.2 Å². The van der Waals surface area contributed by atoms with Crippen molar-refractivity contribution in [3.8, 4) is 0 Å². The molecular weight excluding hydrogens is 192 g/mol. The molecule has 1 unspecified atom stereocenters. The average molecular weight is 208 g/mol. The van der Waals surface area contributed by atoms with Crippen LogP contribution in [0.15, 0.2) is 0 Å². The van der Waals surface area contributed by atoms with Crippen LogP contribution in [0.1, 0.15) is 6.92 Å². The van der Waals surface area contributed by atoms with E-state index in [1.807, 2.05) is 4.90 Å². The second-order valence-corrected chi connectivity index (χ2v) is 5.18. The average Bonchev–Trinajstić information content (AvgIpc) is 2.18. The molecule has 0 aromatic heterocycles. The molecule has 1 aliphatic rings. The van der Waals surface area contributed by atoms with Gasteiger partial charge in [-0.25, -0.2) is 13.1 Å². The van der Waals surface area contributed by atoms with Crippen LogP contribution in [0.2, 0.25) is 0 Å². The van der Waals surface area contributed by atoms with Crippen molar-refractivity contribution in [1.29, 1.82) is 0 Å². The monoisotopic (exact) mass is 208 g/mol. The van der Waals surface area contributed by atoms with Gasteiger partial charge in [-0.2, -0.15) is 0 Å². The normalized spacial score (nSPS) is 22.9. The van der Waals surface area contributed by atoms with Crippen LogP contribution in [0.25, 0.3) is 0 Å². The van der Waals surface area contributed by atoms with E-state index >= 15 is 0 Å². The van der Waals surface area contributed by atoms with Gasteiger partial charge in [0.25, 0.3) is 0 Å². The summed E-state index contributed by atoms with van der Waals surface area (Å²) < 4.78 is 30.3. The van der Waals surface area contributed by atoms with E-state index in [1.54, 1.807) is 6.92 Å². The highest BCUT2D eigenvalue weighted by Crippen LogP contribution is 2.07. The van der Waals surface area contributed by atoms with Crippen molar-refractivity contribution in [2.45, 2.75) is 12.3 Å². The highest BCUT2D eigenvalue weighted by atomic mass is 32.2. The lowest BCUT2D eigenvalue weighted by Crippen LogP contribution is -2.48. The molecule has 5 nitrogen and oxygen atoms in total. The summed E-state index contributed by atoms with van der Waals surface area (Å²) in [4.78, 5) is 1.90. The van der Waals surface area contributed by atoms with Gasteiger partial charge in [0.15, 0.2) is 0 Å². The summed E-state index contributed by atoms with van der Waals surface area (Å²) in [5.74, 6) is 0. The second kappa shape index (κ2) is 4.36. The third-order valence-corrected chi connectivity index (χ3v) is 4.06. The lowest BCUT2D eigenvalue weighted by molar-refractivity contribution is 0.0335. The molecule has 0 radical (unpaired) electrons. The summed E-state index contributed by atoms with van der Waals surface area (Å²) in [7, 11) is -1.74. The van der Waals surface area contributed by atoms with Crippen molar-refractivity contribution in [2.24, 2.45) is 0 Å². The van der Waals surface area contributed by atoms with E-state index in [4.69, 9.17) is 4.74 Å². The molecule has 0 amide bonds. The Labute approximate surface area is 79.1 Å². The maximum absolute atomic E-state index is 11.4. The van der Waals surface area contributed by atoms with Crippen LogP contribution in [0.5, 0.6) is 0 Å². The van der Waals surface area contributed by atoms with E-state index in [-0.39, 0.29) is 0 Å². The number of morpholine rings is 1. The molecule has 1 rings (SSSR count). The Morgan fingerprint density at radius 2 is 1.92 bits per heavy atom. The van der Waals surface area contributed by atoms with Crippen molar-refractivity contribution < 1.29 is 13.2 Å². The fourth-order valence-corrected chi connectivity index (χ4v) is 2.25. The zero-order valence-corrected chi connectivity index (χ0v) is 8.80. The van der Waals surface area contributed by atoms with Crippen molar-refractivity contribution in [3.05, 3.63) is 0 Å². The number of nitrogens with one attached hydrogen (secondary N) is 1. The summed E-state index contributed by atoms with van der Waals surface area (Å²) in [6, 6.07) is 0. The summed E-state index contributed by atoms with van der Waals surface area (Å²) in [5, 5.41) is -0.471. The zero-order chi connectivity index (χ0) is 9.90. The van der Waals surface area contributed by atoms with Gasteiger partial charge < -0.3 is 4.74 Å². The van der Waals surface area contributed by atoms with E-state index in [2.05, 4.69) is 4.72 Å². The van der Waals surface area contributed by atoms with E-state index in [1.165, 1.54) is 7.05 Å². The van der Waals surface area contributed by atoms with Crippen LogP contribution in [-0.2, 0) is 14.8 Å². The third kappa shape index (κ3) is 2.63. The quantitative estimate of drug-likeness (QED) is 0.660. The van der Waals surface area contributed by atoms with Gasteiger partial charge in [-0.15, -0.1) is 0 Å². The standard InChI is InChI=1S/C7H16N2O3S/c1-7(13(10,11)8-2)9-3-5-12-6-4-9/h7-8H,3-6H2,1-2H3. The molecule has 6 heteroatoms. The number of ether oxygens (including phenoxy) is 1. The zero-order valence-electron chi connectivity index (χ0n) is 7.99. The first-order valence-corrected chi connectivity index (χ1v) is 5.86. The van der Waals surface area contributed by atoms with Crippen LogP contribution >= 0.6 is 0 Å². The van der Waals surface area contributed by atoms with Crippen LogP contribution in [0.3, 0.4) is 0 Å². The van der Waals surface area contributed by atoms with Gasteiger partial charge in [-0.3, -0.25) is 4.90 Å². The Morgan fingerprint density at radius 3 is 2.38 bits per heavy atom. The smallest absolute Gasteiger partial charge is 0.227 e. The molecule has 1 heterocycles. The molecule has 0 spiro atoms. The summed E-state index contributed by atoms with van der Waals surface area (Å²) in [6.07, 6.45) is 0. The Hall–Kier alpha value is -0.170. The molecule has 1 aliphatic heterocycles. The molecule has 1 N–H and O–H groups in total. The number of rotatable bonds is 3. The molecule has 0 saturated carbocycles. The minimum Gasteiger partial charge on any atom is -0.379 e. The van der Waals surface area contributed by atoms with Crippen molar-refractivity contribution in [1.82, 2.24) is 9.62 Å². The maximum atomic E-state index is 11.4. The fourth-order valence-electron chi connectivity index (χ4n) is 1.31. The fraction of sp³-hybridized carbons (Fsp3) is 1.00. The Kier molecular flexibility index (Phi) is 3.66. The number of sulfonamides is 1. The van der Waals surface area contributed by atoms with E-state index < -0.39 is 15.4 Å². The summed E-state index contributed by atoms with van der Waals surface area (Å²) >= 11 is 0. The molecule has 0 aromatic rings. The molecule has 1 fully saturated rings. The first-order valence-electron chi connectivity index (χ1n) is 4.32. The number of nitrogens with zero attached hydrogens (tertiary/aromatic N) is 1. The largest absolute Gasteiger partial charge is 0.379 e. The number of hydrogen-bond acceptors (Lipinski definition) is 4. The van der Waals surface area contributed by atoms with Crippen LogP contribution < -0.4 is 4.72 Å². The molecule has 0 aromatic carbocycles. The van der Waals surface area contributed by atoms with E-state index in [9.17, 15) is 8.42 Å². The van der Waals surface area contributed by atoms with Crippen LogP contribution in [0.4, 0.5) is 0 Å². The van der Waals surface area contributed by atoms with Gasteiger partial charge in [-0.1, -0.05) is 0 Å².